The Morgan fingerprint density at radius 3 is 2.50 bits per heavy atom. The van der Waals surface area contributed by atoms with Crippen molar-refractivity contribution < 1.29 is 4.79 Å². The lowest BCUT2D eigenvalue weighted by Gasteiger charge is -2.07. The van der Waals surface area contributed by atoms with Crippen LogP contribution in [0.15, 0.2) is 42.7 Å². The average Bonchev–Trinajstić information content (AvgIpc) is 2.40. The number of nitrogens with two attached hydrogens (primary N) is 1. The molecule has 0 aliphatic carbocycles. The highest BCUT2D eigenvalue weighted by Crippen LogP contribution is 2.04. The molecular weight excluding hydrogens is 230 g/mol. The molecule has 0 aliphatic rings. The van der Waals surface area contributed by atoms with E-state index in [9.17, 15) is 4.79 Å². The average molecular weight is 241 g/mol. The Morgan fingerprint density at radius 1 is 1.17 bits per heavy atom. The van der Waals surface area contributed by atoms with Crippen LogP contribution in [-0.4, -0.2) is 21.7 Å². The number of nitrogens with zero attached hydrogens (tertiary/aromatic N) is 2. The van der Waals surface area contributed by atoms with Gasteiger partial charge in [0.1, 0.15) is 5.84 Å². The highest BCUT2D eigenvalue weighted by molar-refractivity contribution is 6.11. The fourth-order valence-electron chi connectivity index (χ4n) is 1.37. The van der Waals surface area contributed by atoms with Crippen LogP contribution in [0.4, 0.5) is 5.82 Å². The van der Waals surface area contributed by atoms with Crippen LogP contribution in [0, 0.1) is 5.41 Å². The summed E-state index contributed by atoms with van der Waals surface area (Å²) >= 11 is 0. The van der Waals surface area contributed by atoms with Crippen LogP contribution in [0.3, 0.4) is 0 Å². The molecule has 4 N–H and O–H groups in total. The van der Waals surface area contributed by atoms with Crippen LogP contribution in [0.5, 0.6) is 0 Å². The summed E-state index contributed by atoms with van der Waals surface area (Å²) in [5.41, 5.74) is 6.15. The lowest BCUT2D eigenvalue weighted by atomic mass is 10.2. The molecule has 0 bridgehead atoms. The molecule has 0 radical (unpaired) electrons. The van der Waals surface area contributed by atoms with E-state index in [1.165, 1.54) is 12.4 Å². The summed E-state index contributed by atoms with van der Waals surface area (Å²) in [7, 11) is 0. The number of hydrogen-bond acceptors (Lipinski definition) is 5. The number of nitrogen functional groups attached to an aromatic ring is 1. The molecule has 90 valence electrons. The third-order valence-electron chi connectivity index (χ3n) is 2.24. The molecule has 0 fully saturated rings. The van der Waals surface area contributed by atoms with E-state index in [1.807, 2.05) is 6.07 Å². The zero-order chi connectivity index (χ0) is 13.0. The molecule has 1 heterocycles. The number of carbonyl (C=O) groups is 1. The normalized spacial score (nSPS) is 9.78. The predicted octanol–water partition coefficient (Wildman–Crippen LogP) is 0.814. The second-order valence-corrected chi connectivity index (χ2v) is 3.49. The molecule has 6 heteroatoms. The second-order valence-electron chi connectivity index (χ2n) is 3.49. The quantitative estimate of drug-likeness (QED) is 0.534. The van der Waals surface area contributed by atoms with Crippen molar-refractivity contribution in [3.05, 3.63) is 54.0 Å². The highest BCUT2D eigenvalue weighted by Gasteiger charge is 2.13. The molecule has 1 aromatic heterocycles. The Hall–Kier alpha value is -2.76. The van der Waals surface area contributed by atoms with Crippen molar-refractivity contribution in [2.24, 2.45) is 0 Å². The monoisotopic (exact) mass is 241 g/mol. The Labute approximate surface area is 103 Å². The summed E-state index contributed by atoms with van der Waals surface area (Å²) < 4.78 is 0. The van der Waals surface area contributed by atoms with Gasteiger partial charge in [0.2, 0.25) is 0 Å². The number of rotatable bonds is 2. The minimum absolute atomic E-state index is 0.00865. The SMILES string of the molecule is N=C(NC(=O)c1nccnc1N)c1ccccc1. The first-order valence-electron chi connectivity index (χ1n) is 5.20. The summed E-state index contributed by atoms with van der Waals surface area (Å²) in [5, 5.41) is 10.2. The van der Waals surface area contributed by atoms with Crippen molar-refractivity contribution in [1.82, 2.24) is 15.3 Å². The van der Waals surface area contributed by atoms with Gasteiger partial charge in [-0.3, -0.25) is 10.2 Å². The maximum atomic E-state index is 11.8. The van der Waals surface area contributed by atoms with Crippen LogP contribution in [-0.2, 0) is 0 Å². The molecule has 2 rings (SSSR count). The van der Waals surface area contributed by atoms with Crippen molar-refractivity contribution in [3.8, 4) is 0 Å². The topological polar surface area (TPSA) is 105 Å². The summed E-state index contributed by atoms with van der Waals surface area (Å²) in [4.78, 5) is 19.4. The summed E-state index contributed by atoms with van der Waals surface area (Å²) in [6.45, 7) is 0. The number of hydrogen-bond donors (Lipinski definition) is 3. The fourth-order valence-corrected chi connectivity index (χ4v) is 1.37. The number of nitrogens with one attached hydrogen (secondary N) is 2. The van der Waals surface area contributed by atoms with Crippen molar-refractivity contribution in [2.75, 3.05) is 5.73 Å². The largest absolute Gasteiger partial charge is 0.382 e. The first-order chi connectivity index (χ1) is 8.68. The van der Waals surface area contributed by atoms with E-state index in [0.717, 1.165) is 0 Å². The van der Waals surface area contributed by atoms with Gasteiger partial charge in [0, 0.05) is 18.0 Å². The summed E-state index contributed by atoms with van der Waals surface area (Å²) in [5.74, 6) is -0.518. The van der Waals surface area contributed by atoms with Crippen LogP contribution in [0.2, 0.25) is 0 Å². The van der Waals surface area contributed by atoms with E-state index in [4.69, 9.17) is 11.1 Å². The van der Waals surface area contributed by atoms with Gasteiger partial charge in [0.05, 0.1) is 0 Å². The van der Waals surface area contributed by atoms with Gasteiger partial charge in [-0.15, -0.1) is 0 Å². The van der Waals surface area contributed by atoms with Gasteiger partial charge in [-0.2, -0.15) is 0 Å². The minimum atomic E-state index is -0.547. The van der Waals surface area contributed by atoms with Gasteiger partial charge >= 0.3 is 0 Å². The maximum Gasteiger partial charge on any atom is 0.279 e. The van der Waals surface area contributed by atoms with Gasteiger partial charge < -0.3 is 11.1 Å². The minimum Gasteiger partial charge on any atom is -0.382 e. The molecule has 1 aromatic carbocycles. The van der Waals surface area contributed by atoms with Gasteiger partial charge in [-0.25, -0.2) is 9.97 Å². The number of aromatic nitrogens is 2. The zero-order valence-electron chi connectivity index (χ0n) is 9.42. The van der Waals surface area contributed by atoms with Crippen molar-refractivity contribution >= 4 is 17.6 Å². The smallest absolute Gasteiger partial charge is 0.279 e. The Bertz CT molecular complexity index is 582. The van der Waals surface area contributed by atoms with Crippen molar-refractivity contribution in [2.45, 2.75) is 0 Å². The molecule has 0 saturated carbocycles. The fraction of sp³-hybridized carbons (Fsp3) is 0. The molecule has 0 saturated heterocycles. The molecule has 0 aliphatic heterocycles. The molecular formula is C12H11N5O. The molecule has 6 nitrogen and oxygen atoms in total. The standard InChI is InChI=1S/C12H11N5O/c13-10(8-4-2-1-3-5-8)17-12(18)9-11(14)16-7-6-15-9/h1-7H,(H2,14,16)(H2,13,17,18). The lowest BCUT2D eigenvalue weighted by molar-refractivity contribution is 0.0973. The van der Waals surface area contributed by atoms with Gasteiger partial charge in [0.25, 0.3) is 5.91 Å². The molecule has 0 atom stereocenters. The molecule has 1 amide bonds. The number of benzene rings is 1. The Morgan fingerprint density at radius 2 is 1.83 bits per heavy atom. The number of amides is 1. The van der Waals surface area contributed by atoms with Crippen molar-refractivity contribution in [1.29, 1.82) is 5.41 Å². The Kier molecular flexibility index (Phi) is 3.29. The maximum absolute atomic E-state index is 11.8. The number of carbonyl (C=O) groups excluding carboxylic acids is 1. The third-order valence-corrected chi connectivity index (χ3v) is 2.24. The second kappa shape index (κ2) is 5.05. The Balaban J connectivity index is 2.14. The zero-order valence-corrected chi connectivity index (χ0v) is 9.42. The van der Waals surface area contributed by atoms with Gasteiger partial charge in [0.15, 0.2) is 11.5 Å². The summed E-state index contributed by atoms with van der Waals surface area (Å²) in [6.07, 6.45) is 2.77. The van der Waals surface area contributed by atoms with E-state index in [-0.39, 0.29) is 17.3 Å². The molecule has 0 unspecified atom stereocenters. The molecule has 2 aromatic rings. The highest BCUT2D eigenvalue weighted by atomic mass is 16.2. The predicted molar refractivity (Wildman–Crippen MR) is 67.2 cm³/mol. The molecule has 0 spiro atoms. The van der Waals surface area contributed by atoms with Crippen LogP contribution in [0.25, 0.3) is 0 Å². The molecule has 18 heavy (non-hydrogen) atoms. The van der Waals surface area contributed by atoms with Gasteiger partial charge in [-0.05, 0) is 0 Å². The first-order valence-corrected chi connectivity index (χ1v) is 5.20. The van der Waals surface area contributed by atoms with Crippen LogP contribution < -0.4 is 11.1 Å². The number of amidine groups is 1. The van der Waals surface area contributed by atoms with Crippen LogP contribution >= 0.6 is 0 Å². The number of anilines is 1. The third kappa shape index (κ3) is 2.49. The lowest BCUT2D eigenvalue weighted by Crippen LogP contribution is -2.31. The van der Waals surface area contributed by atoms with Crippen molar-refractivity contribution in [3.63, 3.8) is 0 Å². The van der Waals surface area contributed by atoms with E-state index >= 15 is 0 Å². The van der Waals surface area contributed by atoms with Crippen LogP contribution in [0.1, 0.15) is 16.1 Å². The van der Waals surface area contributed by atoms with E-state index < -0.39 is 5.91 Å². The van der Waals surface area contributed by atoms with E-state index in [0.29, 0.717) is 5.56 Å². The van der Waals surface area contributed by atoms with Gasteiger partial charge in [-0.1, -0.05) is 30.3 Å². The van der Waals surface area contributed by atoms with E-state index in [2.05, 4.69) is 15.3 Å². The van der Waals surface area contributed by atoms with E-state index in [1.54, 1.807) is 24.3 Å². The first kappa shape index (κ1) is 11.7. The summed E-state index contributed by atoms with van der Waals surface area (Å²) in [6, 6.07) is 8.85.